The van der Waals surface area contributed by atoms with Crippen molar-refractivity contribution >= 4 is 5.78 Å². The van der Waals surface area contributed by atoms with E-state index in [0.29, 0.717) is 17.7 Å². The second-order valence-electron chi connectivity index (χ2n) is 4.69. The van der Waals surface area contributed by atoms with E-state index in [1.807, 2.05) is 0 Å². The van der Waals surface area contributed by atoms with Gasteiger partial charge in [0.15, 0.2) is 0 Å². The second-order valence-corrected chi connectivity index (χ2v) is 4.69. The Hall–Kier alpha value is -0.370. The van der Waals surface area contributed by atoms with E-state index in [0.717, 1.165) is 19.4 Å². The molecule has 0 aliphatic carbocycles. The van der Waals surface area contributed by atoms with Crippen molar-refractivity contribution in [1.29, 1.82) is 0 Å². The summed E-state index contributed by atoms with van der Waals surface area (Å²) in [5.41, 5.74) is 0. The van der Waals surface area contributed by atoms with Crippen LogP contribution >= 0.6 is 0 Å². The average molecular weight is 197 g/mol. The molecule has 0 aromatic carbocycles. The second kappa shape index (κ2) is 5.50. The standard InChI is InChI=1S/C12H23NO/c1-4-5-7-13-8-6-11(14)9-12(13)10(2)3/h10,12H,4-9H2,1-3H3. The van der Waals surface area contributed by atoms with Gasteiger partial charge in [-0.05, 0) is 18.9 Å². The van der Waals surface area contributed by atoms with E-state index in [9.17, 15) is 4.79 Å². The molecule has 14 heavy (non-hydrogen) atoms. The smallest absolute Gasteiger partial charge is 0.135 e. The minimum absolute atomic E-state index is 0.455. The van der Waals surface area contributed by atoms with E-state index >= 15 is 0 Å². The van der Waals surface area contributed by atoms with E-state index in [1.54, 1.807) is 0 Å². The quantitative estimate of drug-likeness (QED) is 0.690. The van der Waals surface area contributed by atoms with Gasteiger partial charge in [-0.15, -0.1) is 0 Å². The first-order valence-corrected chi connectivity index (χ1v) is 5.91. The maximum absolute atomic E-state index is 11.4. The molecule has 1 atom stereocenters. The zero-order valence-electron chi connectivity index (χ0n) is 9.75. The lowest BCUT2D eigenvalue weighted by molar-refractivity contribution is -0.123. The molecule has 0 saturated carbocycles. The lowest BCUT2D eigenvalue weighted by Crippen LogP contribution is -2.46. The number of rotatable bonds is 4. The number of unbranched alkanes of at least 4 members (excludes halogenated alkanes) is 1. The number of Topliss-reactive ketones (excluding diaryl/α,β-unsaturated/α-hetero) is 1. The molecule has 2 nitrogen and oxygen atoms in total. The number of hydrogen-bond acceptors (Lipinski definition) is 2. The van der Waals surface area contributed by atoms with Crippen LogP contribution in [0, 0.1) is 5.92 Å². The number of piperidine rings is 1. The Bertz CT molecular complexity index is 189. The maximum Gasteiger partial charge on any atom is 0.135 e. The molecule has 1 rings (SSSR count). The Morgan fingerprint density at radius 1 is 1.50 bits per heavy atom. The number of nitrogens with zero attached hydrogens (tertiary/aromatic N) is 1. The van der Waals surface area contributed by atoms with Gasteiger partial charge in [-0.25, -0.2) is 0 Å². The van der Waals surface area contributed by atoms with Crippen LogP contribution in [-0.2, 0) is 4.79 Å². The van der Waals surface area contributed by atoms with Gasteiger partial charge in [0.1, 0.15) is 5.78 Å². The molecular formula is C12H23NO. The third kappa shape index (κ3) is 3.09. The first kappa shape index (κ1) is 11.7. The highest BCUT2D eigenvalue weighted by atomic mass is 16.1. The van der Waals surface area contributed by atoms with Crippen molar-refractivity contribution in [3.8, 4) is 0 Å². The molecule has 2 heteroatoms. The highest BCUT2D eigenvalue weighted by molar-refractivity contribution is 5.80. The third-order valence-corrected chi connectivity index (χ3v) is 3.15. The van der Waals surface area contributed by atoms with Gasteiger partial charge in [0.25, 0.3) is 0 Å². The van der Waals surface area contributed by atoms with Gasteiger partial charge in [-0.3, -0.25) is 9.69 Å². The molecular weight excluding hydrogens is 174 g/mol. The first-order valence-electron chi connectivity index (χ1n) is 5.91. The van der Waals surface area contributed by atoms with Crippen molar-refractivity contribution in [2.24, 2.45) is 5.92 Å². The topological polar surface area (TPSA) is 20.3 Å². The first-order chi connectivity index (χ1) is 6.65. The van der Waals surface area contributed by atoms with Crippen LogP contribution in [0.4, 0.5) is 0 Å². The fourth-order valence-electron chi connectivity index (χ4n) is 2.19. The van der Waals surface area contributed by atoms with E-state index in [4.69, 9.17) is 0 Å². The molecule has 0 amide bonds. The summed E-state index contributed by atoms with van der Waals surface area (Å²) in [6.45, 7) is 8.83. The minimum atomic E-state index is 0.455. The number of ketones is 1. The molecule has 1 saturated heterocycles. The average Bonchev–Trinajstić information content (AvgIpc) is 2.15. The van der Waals surface area contributed by atoms with Crippen LogP contribution in [0.1, 0.15) is 46.5 Å². The van der Waals surface area contributed by atoms with Gasteiger partial charge in [-0.1, -0.05) is 27.2 Å². The van der Waals surface area contributed by atoms with Crippen LogP contribution < -0.4 is 0 Å². The molecule has 0 aromatic rings. The van der Waals surface area contributed by atoms with Crippen LogP contribution in [0.15, 0.2) is 0 Å². The summed E-state index contributed by atoms with van der Waals surface area (Å²) in [7, 11) is 0. The summed E-state index contributed by atoms with van der Waals surface area (Å²) in [6, 6.07) is 0.503. The number of likely N-dealkylation sites (tertiary alicyclic amines) is 1. The minimum Gasteiger partial charge on any atom is -0.300 e. The molecule has 1 aliphatic rings. The lowest BCUT2D eigenvalue weighted by atomic mass is 9.92. The summed E-state index contributed by atoms with van der Waals surface area (Å²) in [4.78, 5) is 13.9. The molecule has 0 spiro atoms. The fourth-order valence-corrected chi connectivity index (χ4v) is 2.19. The summed E-state index contributed by atoms with van der Waals surface area (Å²) in [5.74, 6) is 1.06. The lowest BCUT2D eigenvalue weighted by Gasteiger charge is -2.37. The molecule has 1 heterocycles. The summed E-state index contributed by atoms with van der Waals surface area (Å²) < 4.78 is 0. The monoisotopic (exact) mass is 197 g/mol. The molecule has 0 bridgehead atoms. The largest absolute Gasteiger partial charge is 0.300 e. The third-order valence-electron chi connectivity index (χ3n) is 3.15. The number of hydrogen-bond donors (Lipinski definition) is 0. The summed E-state index contributed by atoms with van der Waals surface area (Å²) in [6.07, 6.45) is 4.06. The maximum atomic E-state index is 11.4. The highest BCUT2D eigenvalue weighted by Crippen LogP contribution is 2.21. The van der Waals surface area contributed by atoms with Gasteiger partial charge in [-0.2, -0.15) is 0 Å². The van der Waals surface area contributed by atoms with Gasteiger partial charge in [0.2, 0.25) is 0 Å². The van der Waals surface area contributed by atoms with Crippen molar-refractivity contribution in [3.63, 3.8) is 0 Å². The SMILES string of the molecule is CCCCN1CCC(=O)CC1C(C)C. The van der Waals surface area contributed by atoms with Crippen molar-refractivity contribution in [1.82, 2.24) is 4.90 Å². The summed E-state index contributed by atoms with van der Waals surface area (Å²) in [5, 5.41) is 0. The molecule has 0 aromatic heterocycles. The van der Waals surface area contributed by atoms with Gasteiger partial charge < -0.3 is 0 Å². The Balaban J connectivity index is 2.49. The van der Waals surface area contributed by atoms with Crippen molar-refractivity contribution < 1.29 is 4.79 Å². The predicted molar refractivity (Wildman–Crippen MR) is 59.3 cm³/mol. The van der Waals surface area contributed by atoms with Gasteiger partial charge >= 0.3 is 0 Å². The predicted octanol–water partition coefficient (Wildman–Crippen LogP) is 2.48. The number of carbonyl (C=O) groups is 1. The van der Waals surface area contributed by atoms with Crippen molar-refractivity contribution in [2.45, 2.75) is 52.5 Å². The van der Waals surface area contributed by atoms with E-state index in [1.165, 1.54) is 19.4 Å². The Morgan fingerprint density at radius 2 is 2.21 bits per heavy atom. The van der Waals surface area contributed by atoms with Gasteiger partial charge in [0, 0.05) is 25.4 Å². The molecule has 1 aliphatic heterocycles. The normalized spacial score (nSPS) is 24.6. The van der Waals surface area contributed by atoms with Crippen molar-refractivity contribution in [2.75, 3.05) is 13.1 Å². The van der Waals surface area contributed by atoms with Crippen LogP contribution in [0.3, 0.4) is 0 Å². The Kier molecular flexibility index (Phi) is 4.59. The van der Waals surface area contributed by atoms with Crippen LogP contribution in [0.2, 0.25) is 0 Å². The molecule has 0 radical (unpaired) electrons. The Labute approximate surface area is 87.7 Å². The highest BCUT2D eigenvalue weighted by Gasteiger charge is 2.28. The molecule has 1 fully saturated rings. The zero-order chi connectivity index (χ0) is 10.6. The van der Waals surface area contributed by atoms with Crippen LogP contribution in [0.5, 0.6) is 0 Å². The zero-order valence-corrected chi connectivity index (χ0v) is 9.75. The van der Waals surface area contributed by atoms with Crippen molar-refractivity contribution in [3.05, 3.63) is 0 Å². The van der Waals surface area contributed by atoms with Crippen LogP contribution in [0.25, 0.3) is 0 Å². The fraction of sp³-hybridized carbons (Fsp3) is 0.917. The van der Waals surface area contributed by atoms with E-state index in [2.05, 4.69) is 25.7 Å². The van der Waals surface area contributed by atoms with E-state index in [-0.39, 0.29) is 0 Å². The van der Waals surface area contributed by atoms with Crippen LogP contribution in [-0.4, -0.2) is 29.8 Å². The molecule has 1 unspecified atom stereocenters. The number of carbonyl (C=O) groups excluding carboxylic acids is 1. The van der Waals surface area contributed by atoms with Gasteiger partial charge in [0.05, 0.1) is 0 Å². The molecule has 82 valence electrons. The molecule has 0 N–H and O–H groups in total. The van der Waals surface area contributed by atoms with E-state index < -0.39 is 0 Å². The summed E-state index contributed by atoms with van der Waals surface area (Å²) >= 11 is 0. The Morgan fingerprint density at radius 3 is 2.79 bits per heavy atom.